The van der Waals surface area contributed by atoms with Gasteiger partial charge in [0.25, 0.3) is 0 Å². The van der Waals surface area contributed by atoms with Crippen LogP contribution in [-0.4, -0.2) is 24.0 Å². The molecule has 0 fully saturated rings. The first-order chi connectivity index (χ1) is 10.2. The van der Waals surface area contributed by atoms with Crippen LogP contribution < -0.4 is 5.73 Å². The van der Waals surface area contributed by atoms with Crippen LogP contribution in [-0.2, 0) is 12.8 Å². The first-order valence-corrected chi connectivity index (χ1v) is 8.57. The molecule has 0 saturated carbocycles. The summed E-state index contributed by atoms with van der Waals surface area (Å²) < 4.78 is 0. The zero-order valence-corrected chi connectivity index (χ0v) is 13.7. The number of nitrogens with zero attached hydrogens (tertiary/aromatic N) is 1. The van der Waals surface area contributed by atoms with Crippen molar-refractivity contribution in [1.82, 2.24) is 4.90 Å². The number of benzene rings is 1. The molecular formula is C18H24N2S. The Labute approximate surface area is 131 Å². The average molecular weight is 300 g/mol. The second-order valence-corrected chi connectivity index (χ2v) is 7.16. The Bertz CT molecular complexity index is 593. The van der Waals surface area contributed by atoms with E-state index in [9.17, 15) is 0 Å². The fourth-order valence-electron chi connectivity index (χ4n) is 3.53. The summed E-state index contributed by atoms with van der Waals surface area (Å²) in [5.41, 5.74) is 9.30. The van der Waals surface area contributed by atoms with Gasteiger partial charge in [0.2, 0.25) is 0 Å². The minimum Gasteiger partial charge on any atom is -0.329 e. The van der Waals surface area contributed by atoms with Crippen molar-refractivity contribution in [2.75, 3.05) is 13.6 Å². The van der Waals surface area contributed by atoms with Crippen LogP contribution in [0, 0.1) is 0 Å². The van der Waals surface area contributed by atoms with Crippen LogP contribution >= 0.6 is 11.3 Å². The molecule has 0 spiro atoms. The van der Waals surface area contributed by atoms with Crippen LogP contribution in [0.15, 0.2) is 41.8 Å². The van der Waals surface area contributed by atoms with Gasteiger partial charge in [0.15, 0.2) is 0 Å². The summed E-state index contributed by atoms with van der Waals surface area (Å²) in [6.07, 6.45) is 3.34. The number of aryl methyl sites for hydroxylation is 1. The standard InChI is InChI=1S/C18H24N2S/c1-14(17-8-5-11-21-17)20(2)18(13-19)10-9-15-6-3-4-7-16(15)12-18/h3-8,11,14H,9-10,12-13,19H2,1-2H3. The zero-order valence-electron chi connectivity index (χ0n) is 12.9. The van der Waals surface area contributed by atoms with Crippen LogP contribution in [0.5, 0.6) is 0 Å². The van der Waals surface area contributed by atoms with Crippen LogP contribution in [0.1, 0.15) is 35.4 Å². The van der Waals surface area contributed by atoms with Crippen molar-refractivity contribution in [2.45, 2.75) is 37.8 Å². The number of likely N-dealkylation sites (N-methyl/N-ethyl adjacent to an activating group) is 1. The molecule has 112 valence electrons. The summed E-state index contributed by atoms with van der Waals surface area (Å²) in [7, 11) is 2.24. The Balaban J connectivity index is 1.88. The van der Waals surface area contributed by atoms with Crippen LogP contribution in [0.4, 0.5) is 0 Å². The number of nitrogens with two attached hydrogens (primary N) is 1. The van der Waals surface area contributed by atoms with Crippen molar-refractivity contribution in [1.29, 1.82) is 0 Å². The monoisotopic (exact) mass is 300 g/mol. The van der Waals surface area contributed by atoms with Gasteiger partial charge in [0.1, 0.15) is 0 Å². The highest BCUT2D eigenvalue weighted by Gasteiger charge is 2.39. The molecule has 0 radical (unpaired) electrons. The van der Waals surface area contributed by atoms with Gasteiger partial charge < -0.3 is 5.73 Å². The topological polar surface area (TPSA) is 29.3 Å². The summed E-state index contributed by atoms with van der Waals surface area (Å²) >= 11 is 1.84. The summed E-state index contributed by atoms with van der Waals surface area (Å²) in [6.45, 7) is 3.01. The molecule has 0 saturated heterocycles. The molecule has 1 aromatic carbocycles. The van der Waals surface area contributed by atoms with E-state index >= 15 is 0 Å². The van der Waals surface area contributed by atoms with Crippen molar-refractivity contribution < 1.29 is 0 Å². The normalized spacial score (nSPS) is 23.0. The van der Waals surface area contributed by atoms with E-state index in [1.165, 1.54) is 16.0 Å². The minimum atomic E-state index is 0.0811. The predicted octanol–water partition coefficient (Wildman–Crippen LogP) is 3.63. The number of hydrogen-bond donors (Lipinski definition) is 1. The van der Waals surface area contributed by atoms with Crippen molar-refractivity contribution in [2.24, 2.45) is 5.73 Å². The molecule has 2 N–H and O–H groups in total. The smallest absolute Gasteiger partial charge is 0.0416 e. The van der Waals surface area contributed by atoms with E-state index in [2.05, 4.69) is 60.6 Å². The molecule has 3 heteroatoms. The van der Waals surface area contributed by atoms with Gasteiger partial charge in [-0.1, -0.05) is 30.3 Å². The fourth-order valence-corrected chi connectivity index (χ4v) is 4.36. The first kappa shape index (κ1) is 14.8. The Hall–Kier alpha value is -1.16. The largest absolute Gasteiger partial charge is 0.329 e. The van der Waals surface area contributed by atoms with E-state index in [0.29, 0.717) is 12.6 Å². The van der Waals surface area contributed by atoms with E-state index < -0.39 is 0 Å². The molecule has 2 unspecified atom stereocenters. The molecule has 1 aliphatic carbocycles. The Morgan fingerprint density at radius 3 is 2.67 bits per heavy atom. The second kappa shape index (κ2) is 5.91. The molecule has 1 aromatic heterocycles. The van der Waals surface area contributed by atoms with E-state index in [-0.39, 0.29) is 5.54 Å². The third-order valence-corrected chi connectivity index (χ3v) is 6.20. The lowest BCUT2D eigenvalue weighted by Gasteiger charge is -2.47. The second-order valence-electron chi connectivity index (χ2n) is 6.18. The maximum atomic E-state index is 6.25. The van der Waals surface area contributed by atoms with Crippen molar-refractivity contribution in [3.63, 3.8) is 0 Å². The molecular weight excluding hydrogens is 276 g/mol. The summed E-state index contributed by atoms with van der Waals surface area (Å²) in [4.78, 5) is 3.93. The van der Waals surface area contributed by atoms with Crippen molar-refractivity contribution in [3.8, 4) is 0 Å². The number of thiophene rings is 1. The average Bonchev–Trinajstić information content (AvgIpc) is 3.07. The molecule has 0 aliphatic heterocycles. The third-order valence-electron chi connectivity index (χ3n) is 5.16. The van der Waals surface area contributed by atoms with Crippen LogP contribution in [0.25, 0.3) is 0 Å². The first-order valence-electron chi connectivity index (χ1n) is 7.69. The molecule has 1 heterocycles. The van der Waals surface area contributed by atoms with E-state index in [1.54, 1.807) is 0 Å². The molecule has 2 atom stereocenters. The molecule has 0 amide bonds. The molecule has 2 aromatic rings. The van der Waals surface area contributed by atoms with E-state index in [4.69, 9.17) is 5.73 Å². The molecule has 3 rings (SSSR count). The summed E-state index contributed by atoms with van der Waals surface area (Å²) in [6, 6.07) is 13.6. The van der Waals surface area contributed by atoms with Crippen molar-refractivity contribution in [3.05, 3.63) is 57.8 Å². The van der Waals surface area contributed by atoms with Gasteiger partial charge in [-0.05, 0) is 55.8 Å². The highest BCUT2D eigenvalue weighted by molar-refractivity contribution is 7.10. The minimum absolute atomic E-state index is 0.0811. The maximum Gasteiger partial charge on any atom is 0.0416 e. The lowest BCUT2D eigenvalue weighted by molar-refractivity contribution is 0.0717. The number of rotatable bonds is 4. The van der Waals surface area contributed by atoms with Crippen LogP contribution in [0.3, 0.4) is 0 Å². The third kappa shape index (κ3) is 2.66. The lowest BCUT2D eigenvalue weighted by Crippen LogP contribution is -2.56. The quantitative estimate of drug-likeness (QED) is 0.934. The number of fused-ring (bicyclic) bond motifs is 1. The highest BCUT2D eigenvalue weighted by Crippen LogP contribution is 2.37. The van der Waals surface area contributed by atoms with Crippen LogP contribution in [0.2, 0.25) is 0 Å². The van der Waals surface area contributed by atoms with E-state index in [0.717, 1.165) is 19.3 Å². The Morgan fingerprint density at radius 1 is 1.24 bits per heavy atom. The molecule has 21 heavy (non-hydrogen) atoms. The van der Waals surface area contributed by atoms with Gasteiger partial charge in [-0.3, -0.25) is 4.90 Å². The Morgan fingerprint density at radius 2 is 2.00 bits per heavy atom. The Kier molecular flexibility index (Phi) is 4.16. The molecule has 2 nitrogen and oxygen atoms in total. The highest BCUT2D eigenvalue weighted by atomic mass is 32.1. The SMILES string of the molecule is CC(c1cccs1)N(C)C1(CN)CCc2ccccc2C1. The maximum absolute atomic E-state index is 6.25. The van der Waals surface area contributed by atoms with Gasteiger partial charge in [0, 0.05) is 23.0 Å². The van der Waals surface area contributed by atoms with Gasteiger partial charge in [0.05, 0.1) is 0 Å². The predicted molar refractivity (Wildman–Crippen MR) is 90.7 cm³/mol. The van der Waals surface area contributed by atoms with Gasteiger partial charge in [-0.25, -0.2) is 0 Å². The molecule has 1 aliphatic rings. The van der Waals surface area contributed by atoms with E-state index in [1.807, 2.05) is 11.3 Å². The summed E-state index contributed by atoms with van der Waals surface area (Å²) in [5.74, 6) is 0. The van der Waals surface area contributed by atoms with Crippen molar-refractivity contribution >= 4 is 11.3 Å². The molecule has 0 bridgehead atoms. The zero-order chi connectivity index (χ0) is 14.9. The summed E-state index contributed by atoms with van der Waals surface area (Å²) in [5, 5.41) is 2.16. The van der Waals surface area contributed by atoms with Gasteiger partial charge >= 0.3 is 0 Å². The van der Waals surface area contributed by atoms with Gasteiger partial charge in [-0.2, -0.15) is 0 Å². The lowest BCUT2D eigenvalue weighted by atomic mass is 9.76. The van der Waals surface area contributed by atoms with Gasteiger partial charge in [-0.15, -0.1) is 11.3 Å². The number of hydrogen-bond acceptors (Lipinski definition) is 3. The fraction of sp³-hybridized carbons (Fsp3) is 0.444.